The number of halogens is 1. The van der Waals surface area contributed by atoms with Gasteiger partial charge in [0.2, 0.25) is 11.8 Å². The largest absolute Gasteiger partial charge is 0.338 e. The lowest BCUT2D eigenvalue weighted by Crippen LogP contribution is -2.44. The van der Waals surface area contributed by atoms with Crippen LogP contribution in [0.15, 0.2) is 30.3 Å². The van der Waals surface area contributed by atoms with Crippen molar-refractivity contribution in [3.63, 3.8) is 0 Å². The molecule has 0 spiro atoms. The molecular formula is C18H26ClN3O2. The number of nitrogens with zero attached hydrogens (tertiary/aromatic N) is 2. The Hall–Kier alpha value is -1.59. The van der Waals surface area contributed by atoms with E-state index >= 15 is 0 Å². The van der Waals surface area contributed by atoms with Crippen molar-refractivity contribution in [1.82, 2.24) is 15.1 Å². The molecule has 0 bridgehead atoms. The van der Waals surface area contributed by atoms with Gasteiger partial charge in [-0.2, -0.15) is 0 Å². The van der Waals surface area contributed by atoms with Crippen LogP contribution in [0.4, 0.5) is 0 Å². The molecule has 2 amide bonds. The van der Waals surface area contributed by atoms with Gasteiger partial charge in [-0.25, -0.2) is 0 Å². The number of hydrogen-bond acceptors (Lipinski definition) is 3. The average Bonchev–Trinajstić information content (AvgIpc) is 3.16. The molecule has 132 valence electrons. The smallest absolute Gasteiger partial charge is 0.228 e. The van der Waals surface area contributed by atoms with Gasteiger partial charge in [0.25, 0.3) is 0 Å². The van der Waals surface area contributed by atoms with Crippen LogP contribution in [0.2, 0.25) is 0 Å². The molecule has 2 aliphatic rings. The van der Waals surface area contributed by atoms with Crippen molar-refractivity contribution in [1.29, 1.82) is 0 Å². The summed E-state index contributed by atoms with van der Waals surface area (Å²) in [5.41, 5.74) is 1.11. The van der Waals surface area contributed by atoms with Gasteiger partial charge < -0.3 is 15.1 Å². The molecule has 6 heteroatoms. The average molecular weight is 352 g/mol. The molecule has 1 N–H and O–H groups in total. The Labute approximate surface area is 149 Å². The minimum absolute atomic E-state index is 0. The Kier molecular flexibility index (Phi) is 6.63. The van der Waals surface area contributed by atoms with Gasteiger partial charge in [0.15, 0.2) is 0 Å². The quantitative estimate of drug-likeness (QED) is 0.878. The second kappa shape index (κ2) is 8.49. The van der Waals surface area contributed by atoms with Crippen LogP contribution in [0.25, 0.3) is 0 Å². The molecule has 5 nitrogen and oxygen atoms in total. The number of likely N-dealkylation sites (N-methyl/N-ethyl adjacent to an activating group) is 1. The van der Waals surface area contributed by atoms with Crippen molar-refractivity contribution >= 4 is 24.2 Å². The lowest BCUT2D eigenvalue weighted by Gasteiger charge is -2.27. The van der Waals surface area contributed by atoms with E-state index in [0.29, 0.717) is 19.5 Å². The summed E-state index contributed by atoms with van der Waals surface area (Å²) in [6, 6.07) is 10.2. The standard InChI is InChI=1S/C18H25N3O2.ClH/c1-19-11-16-8-5-9-21(16)18(23)15-10-17(22)20(13-15)12-14-6-3-2-4-7-14;/h2-4,6-7,15-16,19H,5,8-13H2,1H3;1H. The highest BCUT2D eigenvalue weighted by molar-refractivity contribution is 5.89. The molecule has 3 rings (SSSR count). The highest BCUT2D eigenvalue weighted by Gasteiger charge is 2.39. The Morgan fingerprint density at radius 3 is 2.75 bits per heavy atom. The van der Waals surface area contributed by atoms with Gasteiger partial charge in [-0.15, -0.1) is 12.4 Å². The minimum atomic E-state index is -0.177. The maximum atomic E-state index is 12.8. The molecular weight excluding hydrogens is 326 g/mol. The highest BCUT2D eigenvalue weighted by atomic mass is 35.5. The number of rotatable bonds is 5. The first-order valence-electron chi connectivity index (χ1n) is 8.46. The second-order valence-electron chi connectivity index (χ2n) is 6.55. The predicted octanol–water partition coefficient (Wildman–Crippen LogP) is 1.67. The first kappa shape index (κ1) is 18.7. The topological polar surface area (TPSA) is 52.7 Å². The van der Waals surface area contributed by atoms with E-state index in [1.165, 1.54) is 0 Å². The molecule has 0 aromatic heterocycles. The van der Waals surface area contributed by atoms with E-state index < -0.39 is 0 Å². The van der Waals surface area contributed by atoms with Crippen LogP contribution in [-0.2, 0) is 16.1 Å². The number of likely N-dealkylation sites (tertiary alicyclic amines) is 2. The zero-order chi connectivity index (χ0) is 16.2. The lowest BCUT2D eigenvalue weighted by molar-refractivity contribution is -0.136. The summed E-state index contributed by atoms with van der Waals surface area (Å²) in [5, 5.41) is 3.16. The van der Waals surface area contributed by atoms with Gasteiger partial charge in [-0.1, -0.05) is 30.3 Å². The number of carbonyl (C=O) groups is 2. The Morgan fingerprint density at radius 1 is 1.29 bits per heavy atom. The summed E-state index contributed by atoms with van der Waals surface area (Å²) in [7, 11) is 1.92. The minimum Gasteiger partial charge on any atom is -0.338 e. The maximum absolute atomic E-state index is 12.8. The molecule has 2 unspecified atom stereocenters. The molecule has 2 atom stereocenters. The van der Waals surface area contributed by atoms with Crippen LogP contribution in [0.5, 0.6) is 0 Å². The summed E-state index contributed by atoms with van der Waals surface area (Å²) in [6.45, 7) is 2.81. The zero-order valence-electron chi connectivity index (χ0n) is 14.1. The van der Waals surface area contributed by atoms with E-state index in [0.717, 1.165) is 31.5 Å². The summed E-state index contributed by atoms with van der Waals surface area (Å²) in [6.07, 6.45) is 2.47. The van der Waals surface area contributed by atoms with Crippen LogP contribution >= 0.6 is 12.4 Å². The van der Waals surface area contributed by atoms with E-state index in [1.54, 1.807) is 0 Å². The Morgan fingerprint density at radius 2 is 2.04 bits per heavy atom. The van der Waals surface area contributed by atoms with Crippen LogP contribution < -0.4 is 5.32 Å². The van der Waals surface area contributed by atoms with E-state index in [9.17, 15) is 9.59 Å². The fourth-order valence-electron chi connectivity index (χ4n) is 3.70. The third-order valence-corrected chi connectivity index (χ3v) is 4.88. The number of amides is 2. The van der Waals surface area contributed by atoms with Crippen molar-refractivity contribution in [2.75, 3.05) is 26.7 Å². The third-order valence-electron chi connectivity index (χ3n) is 4.88. The van der Waals surface area contributed by atoms with E-state index in [-0.39, 0.29) is 36.2 Å². The van der Waals surface area contributed by atoms with Gasteiger partial charge in [-0.3, -0.25) is 9.59 Å². The van der Waals surface area contributed by atoms with Crippen molar-refractivity contribution in [3.05, 3.63) is 35.9 Å². The second-order valence-corrected chi connectivity index (χ2v) is 6.55. The fraction of sp³-hybridized carbons (Fsp3) is 0.556. The molecule has 0 aliphatic carbocycles. The van der Waals surface area contributed by atoms with Crippen LogP contribution in [0, 0.1) is 5.92 Å². The monoisotopic (exact) mass is 351 g/mol. The summed E-state index contributed by atoms with van der Waals surface area (Å²) < 4.78 is 0. The molecule has 24 heavy (non-hydrogen) atoms. The molecule has 1 aromatic rings. The molecule has 2 aliphatic heterocycles. The van der Waals surface area contributed by atoms with Crippen LogP contribution in [0.3, 0.4) is 0 Å². The molecule has 2 heterocycles. The van der Waals surface area contributed by atoms with Gasteiger partial charge >= 0.3 is 0 Å². The Balaban J connectivity index is 0.00000208. The molecule has 1 aromatic carbocycles. The van der Waals surface area contributed by atoms with Crippen molar-refractivity contribution in [2.45, 2.75) is 31.8 Å². The first-order valence-corrected chi connectivity index (χ1v) is 8.46. The Bertz CT molecular complexity index is 567. The number of hydrogen-bond donors (Lipinski definition) is 1. The molecule has 0 radical (unpaired) electrons. The summed E-state index contributed by atoms with van der Waals surface area (Å²) in [5.74, 6) is 0.0758. The van der Waals surface area contributed by atoms with Gasteiger partial charge in [0.05, 0.1) is 5.92 Å². The first-order chi connectivity index (χ1) is 11.2. The summed E-state index contributed by atoms with van der Waals surface area (Å²) in [4.78, 5) is 28.9. The van der Waals surface area contributed by atoms with Gasteiger partial charge in [0, 0.05) is 38.6 Å². The summed E-state index contributed by atoms with van der Waals surface area (Å²) >= 11 is 0. The highest BCUT2D eigenvalue weighted by Crippen LogP contribution is 2.26. The number of benzene rings is 1. The third kappa shape index (κ3) is 4.08. The van der Waals surface area contributed by atoms with Gasteiger partial charge in [-0.05, 0) is 25.5 Å². The normalized spacial score (nSPS) is 23.5. The van der Waals surface area contributed by atoms with Crippen molar-refractivity contribution in [2.24, 2.45) is 5.92 Å². The van der Waals surface area contributed by atoms with E-state index in [1.807, 2.05) is 47.2 Å². The van der Waals surface area contributed by atoms with Crippen LogP contribution in [0.1, 0.15) is 24.8 Å². The fourth-order valence-corrected chi connectivity index (χ4v) is 3.70. The molecule has 0 saturated carbocycles. The number of carbonyl (C=O) groups excluding carboxylic acids is 2. The van der Waals surface area contributed by atoms with Gasteiger partial charge in [0.1, 0.15) is 0 Å². The molecule has 2 saturated heterocycles. The van der Waals surface area contributed by atoms with Crippen LogP contribution in [-0.4, -0.2) is 54.3 Å². The predicted molar refractivity (Wildman–Crippen MR) is 95.9 cm³/mol. The zero-order valence-corrected chi connectivity index (χ0v) is 14.9. The lowest BCUT2D eigenvalue weighted by atomic mass is 10.1. The molecule has 2 fully saturated rings. The van der Waals surface area contributed by atoms with E-state index in [2.05, 4.69) is 5.32 Å². The van der Waals surface area contributed by atoms with Crippen molar-refractivity contribution < 1.29 is 9.59 Å². The maximum Gasteiger partial charge on any atom is 0.228 e. The van der Waals surface area contributed by atoms with Crippen molar-refractivity contribution in [3.8, 4) is 0 Å². The number of nitrogens with one attached hydrogen (secondary N) is 1. The SMILES string of the molecule is CNCC1CCCN1C(=O)C1CC(=O)N(Cc2ccccc2)C1.Cl. The van der Waals surface area contributed by atoms with E-state index in [4.69, 9.17) is 0 Å².